The van der Waals surface area contributed by atoms with E-state index in [0.717, 1.165) is 0 Å². The molecule has 0 aliphatic rings. The molecule has 9 rings (SSSR count). The molecule has 1 heteroatoms. The molecule has 0 aliphatic carbocycles. The van der Waals surface area contributed by atoms with Crippen molar-refractivity contribution in [3.63, 3.8) is 0 Å². The first-order valence-corrected chi connectivity index (χ1v) is 14.1. The summed E-state index contributed by atoms with van der Waals surface area (Å²) in [4.78, 5) is 0. The number of fused-ring (bicyclic) bond motifs is 3. The lowest BCUT2D eigenvalue weighted by Crippen LogP contribution is -1.91. The second kappa shape index (κ2) is 11.3. The van der Waals surface area contributed by atoms with Crippen LogP contribution in [0.1, 0.15) is 34.3 Å². The minimum absolute atomic E-state index is 0.171. The van der Waals surface area contributed by atoms with Crippen LogP contribution in [0.25, 0.3) is 88.3 Å². The second-order valence-electron chi connectivity index (χ2n) is 10.1. The summed E-state index contributed by atoms with van der Waals surface area (Å²) < 4.78 is 232. The highest BCUT2D eigenvalue weighted by Crippen LogP contribution is 2.50. The van der Waals surface area contributed by atoms with E-state index in [4.69, 9.17) is 26.3 Å². The second-order valence-corrected chi connectivity index (χ2v) is 10.1. The first-order chi connectivity index (χ1) is 33.7. The first-order valence-electron chi connectivity index (χ1n) is 26.6. The molecule has 9 aromatic rings. The summed E-state index contributed by atoms with van der Waals surface area (Å²) in [5.41, 5.74) is -5.87. The van der Waals surface area contributed by atoms with Crippen LogP contribution in [0.15, 0.2) is 186 Å². The van der Waals surface area contributed by atoms with Crippen molar-refractivity contribution in [2.75, 3.05) is 0 Å². The molecule has 0 saturated carbocycles. The Morgan fingerprint density at radius 1 is 0.362 bits per heavy atom. The van der Waals surface area contributed by atoms with Gasteiger partial charge in [-0.25, -0.2) is 0 Å². The number of hydrogen-bond acceptors (Lipinski definition) is 1. The molecular formula is C46H30O. The Labute approximate surface area is 309 Å². The number of para-hydroxylation sites is 1. The highest BCUT2D eigenvalue weighted by molar-refractivity contribution is 6.25. The lowest BCUT2D eigenvalue weighted by Gasteiger charge is -2.18. The summed E-state index contributed by atoms with van der Waals surface area (Å²) in [7, 11) is 0. The molecule has 0 amide bonds. The van der Waals surface area contributed by atoms with Crippen LogP contribution in [0.3, 0.4) is 0 Å². The summed E-state index contributed by atoms with van der Waals surface area (Å²) in [5, 5.41) is -3.55. The van der Waals surface area contributed by atoms with Gasteiger partial charge in [-0.05, 0) is 55.4 Å². The Balaban J connectivity index is 1.71. The van der Waals surface area contributed by atoms with Gasteiger partial charge in [-0.1, -0.05) is 175 Å². The Hall–Kier alpha value is -6.18. The molecule has 1 heterocycles. The number of rotatable bonds is 5. The van der Waals surface area contributed by atoms with Crippen LogP contribution in [-0.4, -0.2) is 0 Å². The lowest BCUT2D eigenvalue weighted by atomic mass is 9.84. The van der Waals surface area contributed by atoms with Gasteiger partial charge in [-0.3, -0.25) is 0 Å². The fourth-order valence-corrected chi connectivity index (χ4v) is 5.61. The Morgan fingerprint density at radius 2 is 0.872 bits per heavy atom. The van der Waals surface area contributed by atoms with Gasteiger partial charge in [0.15, 0.2) is 0 Å². The molecule has 8 aromatic carbocycles. The highest BCUT2D eigenvalue weighted by atomic mass is 16.3. The zero-order valence-electron chi connectivity index (χ0n) is 48.8. The van der Waals surface area contributed by atoms with E-state index in [2.05, 4.69) is 0 Å². The molecule has 1 aromatic heterocycles. The van der Waals surface area contributed by atoms with Gasteiger partial charge in [0.1, 0.15) is 11.3 Å². The molecule has 47 heavy (non-hydrogen) atoms. The van der Waals surface area contributed by atoms with Crippen LogP contribution >= 0.6 is 0 Å². The Kier molecular flexibility index (Phi) is 2.86. The topological polar surface area (TPSA) is 13.1 Å². The summed E-state index contributed by atoms with van der Waals surface area (Å²) >= 11 is 0. The van der Waals surface area contributed by atoms with Gasteiger partial charge >= 0.3 is 0 Å². The molecule has 0 N–H and O–H groups in total. The highest BCUT2D eigenvalue weighted by Gasteiger charge is 2.25. The van der Waals surface area contributed by atoms with Crippen LogP contribution < -0.4 is 0 Å². The largest absolute Gasteiger partial charge is 0.455 e. The molecule has 0 bridgehead atoms. The number of furan rings is 1. The molecule has 0 saturated heterocycles. The van der Waals surface area contributed by atoms with E-state index in [1.807, 2.05) is 0 Å². The van der Waals surface area contributed by atoms with Crippen molar-refractivity contribution < 1.29 is 38.7 Å². The van der Waals surface area contributed by atoms with Gasteiger partial charge in [-0.2, -0.15) is 0 Å². The SMILES string of the molecule is [2H]c1c([2H])c([2H])c(-c2c([2H])c([2H])c([2H])c3c(-c4c5c([2H])c([2H])c([2H])c([2H])c5c(-c5c([2H])c([2H])c([2H])c([2H])c5[2H])c5c([2H])c([2H])c([2H])c([2H])c45)c(-c4c([2H])c([2H])c([2H])c(-c5ccccc5)c4[2H])oc23)c([2H])c1[2H]. The fourth-order valence-electron chi connectivity index (χ4n) is 5.61. The van der Waals surface area contributed by atoms with E-state index in [0.29, 0.717) is 0 Å². The van der Waals surface area contributed by atoms with Gasteiger partial charge in [0, 0.05) is 27.6 Å². The summed E-state index contributed by atoms with van der Waals surface area (Å²) in [6, 6.07) is -15.3. The van der Waals surface area contributed by atoms with E-state index in [1.54, 1.807) is 18.2 Å². The first kappa shape index (κ1) is 11.9. The van der Waals surface area contributed by atoms with Gasteiger partial charge in [-0.15, -0.1) is 0 Å². The van der Waals surface area contributed by atoms with Crippen molar-refractivity contribution >= 4 is 32.5 Å². The van der Waals surface area contributed by atoms with E-state index in [9.17, 15) is 12.3 Å². The number of hydrogen-bond donors (Lipinski definition) is 0. The van der Waals surface area contributed by atoms with Gasteiger partial charge in [0.25, 0.3) is 0 Å². The Morgan fingerprint density at radius 3 is 1.53 bits per heavy atom. The average Bonchev–Trinajstić information content (AvgIpc) is 3.74. The van der Waals surface area contributed by atoms with Crippen LogP contribution in [0.4, 0.5) is 0 Å². The molecule has 0 unspecified atom stereocenters. The maximum Gasteiger partial charge on any atom is 0.143 e. The smallest absolute Gasteiger partial charge is 0.143 e. The molecular weight excluding hydrogens is 569 g/mol. The summed E-state index contributed by atoms with van der Waals surface area (Å²) in [6.07, 6.45) is 0. The quantitative estimate of drug-likeness (QED) is 0.174. The van der Waals surface area contributed by atoms with Crippen LogP contribution in [0.2, 0.25) is 0 Å². The van der Waals surface area contributed by atoms with Crippen molar-refractivity contribution in [2.45, 2.75) is 0 Å². The van der Waals surface area contributed by atoms with E-state index < -0.39 is 228 Å². The third-order valence-electron chi connectivity index (χ3n) is 7.55. The lowest BCUT2D eigenvalue weighted by molar-refractivity contribution is 0.633. The predicted molar refractivity (Wildman–Crippen MR) is 198 cm³/mol. The van der Waals surface area contributed by atoms with Gasteiger partial charge in [0.2, 0.25) is 0 Å². The normalized spacial score (nSPS) is 18.9. The van der Waals surface area contributed by atoms with E-state index in [-0.39, 0.29) is 11.1 Å². The van der Waals surface area contributed by atoms with Crippen LogP contribution in [0.5, 0.6) is 0 Å². The molecule has 0 atom stereocenters. The number of benzene rings is 8. The van der Waals surface area contributed by atoms with Crippen molar-refractivity contribution in [3.8, 4) is 55.8 Å². The molecule has 0 aliphatic heterocycles. The fraction of sp³-hybridized carbons (Fsp3) is 0. The summed E-state index contributed by atoms with van der Waals surface area (Å²) in [6.45, 7) is 0. The molecule has 1 nitrogen and oxygen atoms in total. The summed E-state index contributed by atoms with van der Waals surface area (Å²) in [5.74, 6) is -0.809. The van der Waals surface area contributed by atoms with E-state index >= 15 is 0 Å². The third kappa shape index (κ3) is 4.56. The van der Waals surface area contributed by atoms with Gasteiger partial charge < -0.3 is 4.42 Å². The minimum atomic E-state index is -1.00. The van der Waals surface area contributed by atoms with Gasteiger partial charge in [0.05, 0.1) is 34.3 Å². The Bertz CT molecular complexity index is 3840. The van der Waals surface area contributed by atoms with Crippen molar-refractivity contribution in [1.82, 2.24) is 0 Å². The van der Waals surface area contributed by atoms with Crippen LogP contribution in [0, 0.1) is 0 Å². The minimum Gasteiger partial charge on any atom is -0.455 e. The monoisotopic (exact) mass is 623 g/mol. The molecule has 220 valence electrons. The van der Waals surface area contributed by atoms with Crippen molar-refractivity contribution in [3.05, 3.63) is 181 Å². The maximum atomic E-state index is 9.72. The maximum absolute atomic E-state index is 9.72. The van der Waals surface area contributed by atoms with Crippen LogP contribution in [-0.2, 0) is 0 Å². The van der Waals surface area contributed by atoms with Crippen molar-refractivity contribution in [1.29, 1.82) is 0 Å². The van der Waals surface area contributed by atoms with Crippen molar-refractivity contribution in [2.24, 2.45) is 0 Å². The molecule has 0 spiro atoms. The predicted octanol–water partition coefficient (Wildman–Crippen LogP) is 13.1. The standard InChI is InChI=1S/C46H30O/c1-4-16-31(17-5-1)34-22-14-23-35(30-34)45-44(41-29-15-28-36(46(41)47-45)32-18-6-2-7-19-32)43-39-26-12-10-24-37(39)42(33-20-8-3-9-21-33)38-25-11-13-27-40(38)43/h1-30H/i2D,3D,6D,7D,8D,9D,10D,11D,12D,13D,14D,15D,18D,19D,20D,21D,22D,23D,24D,25D,26D,27D,28D,29D,30D. The zero-order chi connectivity index (χ0) is 52.9. The molecule has 0 fully saturated rings. The molecule has 0 radical (unpaired) electrons. The zero-order valence-corrected chi connectivity index (χ0v) is 23.8. The third-order valence-corrected chi connectivity index (χ3v) is 7.55. The average molecular weight is 624 g/mol. The van der Waals surface area contributed by atoms with E-state index in [1.165, 1.54) is 12.1 Å².